The number of ether oxygens (including phenoxy) is 1. The molecule has 20 heavy (non-hydrogen) atoms. The molecule has 6 heteroatoms. The van der Waals surface area contributed by atoms with Gasteiger partial charge in [0.25, 0.3) is 0 Å². The van der Waals surface area contributed by atoms with E-state index in [9.17, 15) is 4.79 Å². The third-order valence-corrected chi connectivity index (χ3v) is 3.52. The smallest absolute Gasteiger partial charge is 0.250 e. The van der Waals surface area contributed by atoms with Crippen molar-refractivity contribution in [3.05, 3.63) is 45.9 Å². The van der Waals surface area contributed by atoms with Crippen LogP contribution in [0.4, 0.5) is 5.13 Å². The van der Waals surface area contributed by atoms with E-state index in [-0.39, 0.29) is 5.91 Å². The first-order valence-corrected chi connectivity index (χ1v) is 7.03. The van der Waals surface area contributed by atoms with Crippen LogP contribution >= 0.6 is 22.9 Å². The van der Waals surface area contributed by atoms with Crippen molar-refractivity contribution in [3.8, 4) is 5.75 Å². The maximum atomic E-state index is 11.8. The van der Waals surface area contributed by atoms with Crippen molar-refractivity contribution in [3.63, 3.8) is 0 Å². The fourth-order valence-corrected chi connectivity index (χ4v) is 2.41. The van der Waals surface area contributed by atoms with Crippen LogP contribution in [0.2, 0.25) is 5.02 Å². The van der Waals surface area contributed by atoms with Gasteiger partial charge in [-0.1, -0.05) is 11.6 Å². The summed E-state index contributed by atoms with van der Waals surface area (Å²) in [5.41, 5.74) is 0.741. The predicted octanol–water partition coefficient (Wildman–Crippen LogP) is 3.77. The minimum Gasteiger partial charge on any atom is -0.496 e. The minimum atomic E-state index is -0.249. The van der Waals surface area contributed by atoms with E-state index < -0.39 is 0 Å². The lowest BCUT2D eigenvalue weighted by molar-refractivity contribution is -0.111. The Balaban J connectivity index is 2.09. The molecular formula is C14H13ClN2O2S. The standard InChI is InChI=1S/C14H13ClN2O2S/c1-9-8-16-14(20-9)17-13(18)6-3-10-7-11(15)4-5-12(10)19-2/h3-8H,1-2H3,(H,16,17,18)/b6-3+. The third kappa shape index (κ3) is 3.82. The van der Waals surface area contributed by atoms with Crippen molar-refractivity contribution in [1.29, 1.82) is 0 Å². The average Bonchev–Trinajstić information content (AvgIpc) is 2.82. The molecule has 1 aromatic heterocycles. The molecule has 0 saturated carbocycles. The molecule has 0 aliphatic rings. The van der Waals surface area contributed by atoms with Crippen molar-refractivity contribution in [2.24, 2.45) is 0 Å². The highest BCUT2D eigenvalue weighted by atomic mass is 35.5. The Morgan fingerprint density at radius 2 is 2.30 bits per heavy atom. The fourth-order valence-electron chi connectivity index (χ4n) is 1.56. The van der Waals surface area contributed by atoms with Gasteiger partial charge in [0.2, 0.25) is 5.91 Å². The highest BCUT2D eigenvalue weighted by molar-refractivity contribution is 7.15. The molecule has 1 heterocycles. The molecule has 0 saturated heterocycles. The van der Waals surface area contributed by atoms with Gasteiger partial charge in [0.15, 0.2) is 5.13 Å². The summed E-state index contributed by atoms with van der Waals surface area (Å²) in [6.45, 7) is 1.93. The Bertz CT molecular complexity index is 652. The van der Waals surface area contributed by atoms with Gasteiger partial charge < -0.3 is 4.74 Å². The van der Waals surface area contributed by atoms with E-state index >= 15 is 0 Å². The quantitative estimate of drug-likeness (QED) is 0.875. The largest absolute Gasteiger partial charge is 0.496 e. The molecule has 1 N–H and O–H groups in total. The Hall–Kier alpha value is -1.85. The van der Waals surface area contributed by atoms with Crippen LogP contribution in [0, 0.1) is 6.92 Å². The van der Waals surface area contributed by atoms with Crippen LogP contribution < -0.4 is 10.1 Å². The van der Waals surface area contributed by atoms with E-state index in [0.29, 0.717) is 15.9 Å². The van der Waals surface area contributed by atoms with Crippen molar-refractivity contribution in [2.45, 2.75) is 6.92 Å². The van der Waals surface area contributed by atoms with Gasteiger partial charge in [-0.05, 0) is 31.2 Å². The van der Waals surface area contributed by atoms with Gasteiger partial charge >= 0.3 is 0 Å². The first-order chi connectivity index (χ1) is 9.58. The number of amides is 1. The summed E-state index contributed by atoms with van der Waals surface area (Å²) in [6.07, 6.45) is 4.79. The zero-order valence-corrected chi connectivity index (χ0v) is 12.6. The topological polar surface area (TPSA) is 51.2 Å². The molecular weight excluding hydrogens is 296 g/mol. The van der Waals surface area contributed by atoms with Crippen LogP contribution in [-0.2, 0) is 4.79 Å². The number of rotatable bonds is 4. The molecule has 1 aromatic carbocycles. The van der Waals surface area contributed by atoms with Gasteiger partial charge in [-0.3, -0.25) is 10.1 Å². The molecule has 0 unspecified atom stereocenters. The zero-order valence-electron chi connectivity index (χ0n) is 11.0. The molecule has 4 nitrogen and oxygen atoms in total. The van der Waals surface area contributed by atoms with E-state index in [1.807, 2.05) is 6.92 Å². The maximum absolute atomic E-state index is 11.8. The van der Waals surface area contributed by atoms with E-state index in [0.717, 1.165) is 10.4 Å². The normalized spacial score (nSPS) is 10.8. The number of anilines is 1. The molecule has 0 spiro atoms. The van der Waals surface area contributed by atoms with Gasteiger partial charge in [0.05, 0.1) is 7.11 Å². The molecule has 0 fully saturated rings. The van der Waals surface area contributed by atoms with Gasteiger partial charge in [0, 0.05) is 27.7 Å². The second-order valence-electron chi connectivity index (χ2n) is 3.98. The van der Waals surface area contributed by atoms with Crippen LogP contribution in [0.3, 0.4) is 0 Å². The number of carbonyl (C=O) groups excluding carboxylic acids is 1. The van der Waals surface area contributed by atoms with Crippen LogP contribution in [-0.4, -0.2) is 18.0 Å². The monoisotopic (exact) mass is 308 g/mol. The lowest BCUT2D eigenvalue weighted by atomic mass is 10.2. The summed E-state index contributed by atoms with van der Waals surface area (Å²) < 4.78 is 5.20. The Labute approximate surface area is 126 Å². The third-order valence-electron chi connectivity index (χ3n) is 2.46. The summed E-state index contributed by atoms with van der Waals surface area (Å²) >= 11 is 7.35. The van der Waals surface area contributed by atoms with Crippen molar-refractivity contribution in [1.82, 2.24) is 4.98 Å². The second kappa shape index (κ2) is 6.54. The Morgan fingerprint density at radius 1 is 1.50 bits per heavy atom. The number of nitrogens with zero attached hydrogens (tertiary/aromatic N) is 1. The fraction of sp³-hybridized carbons (Fsp3) is 0.143. The van der Waals surface area contributed by atoms with Crippen LogP contribution in [0.15, 0.2) is 30.5 Å². The van der Waals surface area contributed by atoms with E-state index in [4.69, 9.17) is 16.3 Å². The lowest BCUT2D eigenvalue weighted by Crippen LogP contribution is -2.07. The molecule has 1 amide bonds. The number of aryl methyl sites for hydroxylation is 1. The predicted molar refractivity (Wildman–Crippen MR) is 82.5 cm³/mol. The molecule has 0 radical (unpaired) electrons. The first kappa shape index (κ1) is 14.6. The number of nitrogens with one attached hydrogen (secondary N) is 1. The van der Waals surface area contributed by atoms with Crippen molar-refractivity contribution >= 4 is 40.1 Å². The van der Waals surface area contributed by atoms with Gasteiger partial charge in [-0.25, -0.2) is 4.98 Å². The molecule has 0 aliphatic carbocycles. The summed E-state index contributed by atoms with van der Waals surface area (Å²) in [5, 5.41) is 3.86. The maximum Gasteiger partial charge on any atom is 0.250 e. The number of benzene rings is 1. The number of hydrogen-bond acceptors (Lipinski definition) is 4. The van der Waals surface area contributed by atoms with Crippen LogP contribution in [0.25, 0.3) is 6.08 Å². The molecule has 104 valence electrons. The summed E-state index contributed by atoms with van der Waals surface area (Å²) in [6, 6.07) is 5.22. The van der Waals surface area contributed by atoms with Crippen molar-refractivity contribution in [2.75, 3.05) is 12.4 Å². The minimum absolute atomic E-state index is 0.249. The van der Waals surface area contributed by atoms with E-state index in [2.05, 4.69) is 10.3 Å². The number of methoxy groups -OCH3 is 1. The molecule has 2 rings (SSSR count). The van der Waals surface area contributed by atoms with Gasteiger partial charge in [0.1, 0.15) is 5.75 Å². The number of thiazole rings is 1. The average molecular weight is 309 g/mol. The van der Waals surface area contributed by atoms with Gasteiger partial charge in [-0.15, -0.1) is 11.3 Å². The Kier molecular flexibility index (Phi) is 4.76. The van der Waals surface area contributed by atoms with Crippen LogP contribution in [0.1, 0.15) is 10.4 Å². The Morgan fingerprint density at radius 3 is 2.95 bits per heavy atom. The summed E-state index contributed by atoms with van der Waals surface area (Å²) in [4.78, 5) is 16.9. The number of halogens is 1. The van der Waals surface area contributed by atoms with Gasteiger partial charge in [-0.2, -0.15) is 0 Å². The van der Waals surface area contributed by atoms with E-state index in [1.165, 1.54) is 17.4 Å². The number of carbonyl (C=O) groups is 1. The van der Waals surface area contributed by atoms with E-state index in [1.54, 1.807) is 37.6 Å². The van der Waals surface area contributed by atoms with Crippen LogP contribution in [0.5, 0.6) is 5.75 Å². The first-order valence-electron chi connectivity index (χ1n) is 5.83. The van der Waals surface area contributed by atoms with Crippen molar-refractivity contribution < 1.29 is 9.53 Å². The second-order valence-corrected chi connectivity index (χ2v) is 5.66. The molecule has 2 aromatic rings. The SMILES string of the molecule is COc1ccc(Cl)cc1/C=C/C(=O)Nc1ncc(C)s1. The molecule has 0 bridgehead atoms. The highest BCUT2D eigenvalue weighted by Gasteiger charge is 2.04. The summed E-state index contributed by atoms with van der Waals surface area (Å²) in [5.74, 6) is 0.407. The summed E-state index contributed by atoms with van der Waals surface area (Å²) in [7, 11) is 1.57. The molecule has 0 atom stereocenters. The molecule has 0 aliphatic heterocycles. The number of hydrogen-bond donors (Lipinski definition) is 1. The highest BCUT2D eigenvalue weighted by Crippen LogP contribution is 2.24. The number of aromatic nitrogens is 1. The lowest BCUT2D eigenvalue weighted by Gasteiger charge is -2.04. The zero-order chi connectivity index (χ0) is 14.5.